The van der Waals surface area contributed by atoms with Crippen molar-refractivity contribution in [1.29, 1.82) is 5.26 Å². The lowest BCUT2D eigenvalue weighted by molar-refractivity contribution is -0.187. The van der Waals surface area contributed by atoms with Crippen LogP contribution < -0.4 is 4.74 Å². The smallest absolute Gasteiger partial charge is 0.429 e. The molecule has 5 aromatic rings. The number of nitriles is 1. The molecular formula is C37H28F5NO. The first kappa shape index (κ1) is 30.5. The number of hydrogen-bond acceptors (Lipinski definition) is 2. The average molecular weight is 598 g/mol. The molecule has 0 aliphatic carbocycles. The summed E-state index contributed by atoms with van der Waals surface area (Å²) >= 11 is 0. The molecule has 222 valence electrons. The van der Waals surface area contributed by atoms with Crippen LogP contribution in [-0.2, 0) is 12.5 Å². The Morgan fingerprint density at radius 3 is 1.86 bits per heavy atom. The van der Waals surface area contributed by atoms with Crippen LogP contribution in [-0.4, -0.2) is 0 Å². The molecule has 0 atom stereocenters. The fraction of sp³-hybridized carbons (Fsp3) is 0.162. The quantitative estimate of drug-likeness (QED) is 0.119. The lowest BCUT2D eigenvalue weighted by atomic mass is 9.98. The highest BCUT2D eigenvalue weighted by Crippen LogP contribution is 2.37. The molecule has 44 heavy (non-hydrogen) atoms. The van der Waals surface area contributed by atoms with E-state index >= 15 is 13.2 Å². The van der Waals surface area contributed by atoms with Crippen LogP contribution in [0.2, 0.25) is 0 Å². The maximum absolute atomic E-state index is 15.0. The Balaban J connectivity index is 1.30. The zero-order chi connectivity index (χ0) is 31.3. The van der Waals surface area contributed by atoms with Crippen LogP contribution in [0.5, 0.6) is 5.75 Å². The van der Waals surface area contributed by atoms with E-state index in [0.717, 1.165) is 61.6 Å². The Hall–Kier alpha value is -4.96. The molecule has 0 N–H and O–H groups in total. The SMILES string of the molecule is CCCCCc1ccc(-c2ccc(C(F)(F)Oc3ccc(-c4ccc(-c5ccc(C#N)cc5)c(F)c4)c(F)c3)c(F)c2)cc1. The number of aryl methyl sites for hydroxylation is 1. The van der Waals surface area contributed by atoms with Gasteiger partial charge < -0.3 is 4.74 Å². The molecule has 0 amide bonds. The summed E-state index contributed by atoms with van der Waals surface area (Å²) in [5.74, 6) is -3.22. The maximum Gasteiger partial charge on any atom is 0.429 e. The molecule has 7 heteroatoms. The first-order valence-corrected chi connectivity index (χ1v) is 14.2. The van der Waals surface area contributed by atoms with Gasteiger partial charge in [0, 0.05) is 17.2 Å². The van der Waals surface area contributed by atoms with Gasteiger partial charge in [-0.3, -0.25) is 0 Å². The summed E-state index contributed by atoms with van der Waals surface area (Å²) in [6, 6.07) is 26.4. The summed E-state index contributed by atoms with van der Waals surface area (Å²) in [5.41, 5.74) is 2.68. The van der Waals surface area contributed by atoms with Gasteiger partial charge >= 0.3 is 6.11 Å². The summed E-state index contributed by atoms with van der Waals surface area (Å²) in [4.78, 5) is 0. The Labute approximate surface area is 253 Å². The predicted octanol–water partition coefficient (Wildman–Crippen LogP) is 10.8. The van der Waals surface area contributed by atoms with Crippen LogP contribution in [0.25, 0.3) is 33.4 Å². The zero-order valence-electron chi connectivity index (χ0n) is 23.9. The molecule has 0 saturated heterocycles. The van der Waals surface area contributed by atoms with Gasteiger partial charge in [0.15, 0.2) is 0 Å². The van der Waals surface area contributed by atoms with E-state index in [9.17, 15) is 8.78 Å². The lowest BCUT2D eigenvalue weighted by Gasteiger charge is -2.20. The largest absolute Gasteiger partial charge is 0.429 e. The van der Waals surface area contributed by atoms with Crippen LogP contribution in [0.4, 0.5) is 22.0 Å². The molecule has 0 unspecified atom stereocenters. The standard InChI is InChI=1S/C37H28F5NO/c1-2-3-4-5-24-6-10-26(11-7-24)28-15-19-33(36(40)20-28)37(41,42)44-30-16-18-32(35(39)22-30)29-14-17-31(34(38)21-29)27-12-8-25(23-43)9-13-27/h6-22H,2-5H2,1H3. The number of unbranched alkanes of at least 4 members (excludes halogenated alkanes) is 2. The predicted molar refractivity (Wildman–Crippen MR) is 162 cm³/mol. The highest BCUT2D eigenvalue weighted by Gasteiger charge is 2.38. The van der Waals surface area contributed by atoms with Crippen molar-refractivity contribution in [2.24, 2.45) is 0 Å². The number of alkyl halides is 2. The van der Waals surface area contributed by atoms with E-state index < -0.39 is 34.9 Å². The summed E-state index contributed by atoms with van der Waals surface area (Å²) in [6.45, 7) is 2.13. The molecule has 0 saturated carbocycles. The van der Waals surface area contributed by atoms with Crippen LogP contribution in [0.1, 0.15) is 42.9 Å². The van der Waals surface area contributed by atoms with Gasteiger partial charge in [-0.15, -0.1) is 0 Å². The van der Waals surface area contributed by atoms with Gasteiger partial charge in [-0.1, -0.05) is 74.4 Å². The number of benzene rings is 5. The summed E-state index contributed by atoms with van der Waals surface area (Å²) in [6.07, 6.45) is 0.186. The van der Waals surface area contributed by atoms with Gasteiger partial charge in [0.1, 0.15) is 23.2 Å². The molecule has 0 radical (unpaired) electrons. The van der Waals surface area contributed by atoms with Crippen molar-refractivity contribution in [3.8, 4) is 45.2 Å². The van der Waals surface area contributed by atoms with E-state index in [4.69, 9.17) is 10.00 Å². The number of ether oxygens (including phenoxy) is 1. The summed E-state index contributed by atoms with van der Waals surface area (Å²) < 4.78 is 79.7. The monoisotopic (exact) mass is 597 g/mol. The normalized spacial score (nSPS) is 11.3. The summed E-state index contributed by atoms with van der Waals surface area (Å²) in [5, 5.41) is 8.95. The van der Waals surface area contributed by atoms with Crippen LogP contribution >= 0.6 is 0 Å². The Morgan fingerprint density at radius 2 is 1.23 bits per heavy atom. The van der Waals surface area contributed by atoms with Crippen molar-refractivity contribution < 1.29 is 26.7 Å². The molecule has 0 aromatic heterocycles. The second-order valence-corrected chi connectivity index (χ2v) is 10.5. The number of hydrogen-bond donors (Lipinski definition) is 0. The van der Waals surface area contributed by atoms with Crippen molar-refractivity contribution in [3.63, 3.8) is 0 Å². The van der Waals surface area contributed by atoms with Crippen LogP contribution in [0.15, 0.2) is 103 Å². The third-order valence-electron chi connectivity index (χ3n) is 7.43. The average Bonchev–Trinajstić information content (AvgIpc) is 3.01. The minimum atomic E-state index is -4.09. The van der Waals surface area contributed by atoms with Crippen LogP contribution in [0, 0.1) is 28.8 Å². The second kappa shape index (κ2) is 13.1. The molecular weight excluding hydrogens is 569 g/mol. The molecule has 5 rings (SSSR count). The minimum absolute atomic E-state index is 0.0298. The van der Waals surface area contributed by atoms with E-state index in [-0.39, 0.29) is 16.7 Å². The number of halogens is 5. The molecule has 0 heterocycles. The van der Waals surface area contributed by atoms with E-state index in [0.29, 0.717) is 22.3 Å². The topological polar surface area (TPSA) is 33.0 Å². The highest BCUT2D eigenvalue weighted by molar-refractivity contribution is 5.72. The van der Waals surface area contributed by atoms with Crippen molar-refractivity contribution >= 4 is 0 Å². The fourth-order valence-electron chi connectivity index (χ4n) is 5.01. The van der Waals surface area contributed by atoms with E-state index in [1.165, 1.54) is 24.3 Å². The molecule has 0 bridgehead atoms. The van der Waals surface area contributed by atoms with E-state index in [2.05, 4.69) is 6.92 Å². The van der Waals surface area contributed by atoms with Crippen molar-refractivity contribution in [3.05, 3.63) is 137 Å². The van der Waals surface area contributed by atoms with Crippen molar-refractivity contribution in [1.82, 2.24) is 0 Å². The number of rotatable bonds is 10. The summed E-state index contributed by atoms with van der Waals surface area (Å²) in [7, 11) is 0. The molecule has 5 aromatic carbocycles. The third-order valence-corrected chi connectivity index (χ3v) is 7.43. The Bertz CT molecular complexity index is 1810. The zero-order valence-corrected chi connectivity index (χ0v) is 23.9. The van der Waals surface area contributed by atoms with E-state index in [1.54, 1.807) is 24.3 Å². The first-order chi connectivity index (χ1) is 21.2. The van der Waals surface area contributed by atoms with Crippen molar-refractivity contribution in [2.45, 2.75) is 38.7 Å². The molecule has 0 aliphatic rings. The lowest BCUT2D eigenvalue weighted by Crippen LogP contribution is -2.23. The van der Waals surface area contributed by atoms with Gasteiger partial charge in [0.2, 0.25) is 0 Å². The van der Waals surface area contributed by atoms with E-state index in [1.807, 2.05) is 30.3 Å². The minimum Gasteiger partial charge on any atom is -0.429 e. The third kappa shape index (κ3) is 6.81. The van der Waals surface area contributed by atoms with Crippen LogP contribution in [0.3, 0.4) is 0 Å². The van der Waals surface area contributed by atoms with Gasteiger partial charge in [-0.05, 0) is 83.1 Å². The van der Waals surface area contributed by atoms with Crippen molar-refractivity contribution in [2.75, 3.05) is 0 Å². The van der Waals surface area contributed by atoms with Gasteiger partial charge in [0.05, 0.1) is 17.2 Å². The Morgan fingerprint density at radius 1 is 0.636 bits per heavy atom. The highest BCUT2D eigenvalue weighted by atomic mass is 19.3. The molecule has 0 fully saturated rings. The maximum atomic E-state index is 15.0. The second-order valence-electron chi connectivity index (χ2n) is 10.5. The fourth-order valence-corrected chi connectivity index (χ4v) is 5.01. The number of nitrogens with zero attached hydrogens (tertiary/aromatic N) is 1. The molecule has 2 nitrogen and oxygen atoms in total. The molecule has 0 spiro atoms. The first-order valence-electron chi connectivity index (χ1n) is 14.2. The van der Waals surface area contributed by atoms with Gasteiger partial charge in [0.25, 0.3) is 0 Å². The molecule has 0 aliphatic heterocycles. The van der Waals surface area contributed by atoms with Gasteiger partial charge in [-0.25, -0.2) is 13.2 Å². The van der Waals surface area contributed by atoms with Gasteiger partial charge in [-0.2, -0.15) is 14.0 Å². The Kier molecular flexibility index (Phi) is 9.10.